The first-order valence-corrected chi connectivity index (χ1v) is 9.99. The molecule has 0 N–H and O–H groups in total. The van der Waals surface area contributed by atoms with Crippen LogP contribution in [-0.2, 0) is 11.2 Å². The monoisotopic (exact) mass is 382 g/mol. The Morgan fingerprint density at radius 3 is 1.96 bits per heavy atom. The zero-order chi connectivity index (χ0) is 19.8. The number of carbonyl (C=O) groups excluding carboxylic acids is 1. The van der Waals surface area contributed by atoms with Crippen molar-refractivity contribution < 1.29 is 14.3 Å². The topological polar surface area (TPSA) is 42.0 Å². The van der Waals surface area contributed by atoms with Gasteiger partial charge in [0, 0.05) is 38.3 Å². The van der Waals surface area contributed by atoms with Gasteiger partial charge in [0.05, 0.1) is 14.2 Å². The van der Waals surface area contributed by atoms with Gasteiger partial charge in [-0.3, -0.25) is 4.79 Å². The van der Waals surface area contributed by atoms with Gasteiger partial charge < -0.3 is 19.3 Å². The van der Waals surface area contributed by atoms with Crippen LogP contribution in [0.3, 0.4) is 0 Å². The first-order valence-electron chi connectivity index (χ1n) is 9.99. The Morgan fingerprint density at radius 1 is 0.821 bits per heavy atom. The molecule has 1 aliphatic rings. The van der Waals surface area contributed by atoms with E-state index in [0.29, 0.717) is 6.42 Å². The molecule has 2 aromatic carbocycles. The van der Waals surface area contributed by atoms with Gasteiger partial charge in [0.1, 0.15) is 11.5 Å². The van der Waals surface area contributed by atoms with Crippen LogP contribution in [0.2, 0.25) is 0 Å². The van der Waals surface area contributed by atoms with Gasteiger partial charge in [0.25, 0.3) is 0 Å². The minimum Gasteiger partial charge on any atom is -0.497 e. The van der Waals surface area contributed by atoms with Crippen LogP contribution in [0.5, 0.6) is 11.5 Å². The lowest BCUT2D eigenvalue weighted by atomic mass is 10.1. The van der Waals surface area contributed by atoms with Gasteiger partial charge in [-0.2, -0.15) is 0 Å². The highest BCUT2D eigenvalue weighted by Crippen LogP contribution is 2.21. The van der Waals surface area contributed by atoms with E-state index in [2.05, 4.69) is 29.2 Å². The number of ether oxygens (including phenoxy) is 2. The molecule has 150 valence electrons. The molecule has 0 aromatic heterocycles. The third kappa shape index (κ3) is 5.41. The standard InChI is InChI=1S/C23H30N2O3/c1-27-21-11-7-19(8-12-21)5-3-4-6-23(26)25-17-15-24(16-18-25)20-9-13-22(28-2)14-10-20/h7-14H,3-6,15-18H2,1-2H3. The third-order valence-corrected chi connectivity index (χ3v) is 5.34. The van der Waals surface area contributed by atoms with Gasteiger partial charge in [-0.25, -0.2) is 0 Å². The van der Waals surface area contributed by atoms with E-state index < -0.39 is 0 Å². The number of hydrogen-bond donors (Lipinski definition) is 0. The summed E-state index contributed by atoms with van der Waals surface area (Å²) in [5.41, 5.74) is 2.48. The number of nitrogens with zero attached hydrogens (tertiary/aromatic N) is 2. The minimum atomic E-state index is 0.282. The van der Waals surface area contributed by atoms with Crippen LogP contribution in [0.1, 0.15) is 24.8 Å². The van der Waals surface area contributed by atoms with Crippen molar-refractivity contribution in [1.29, 1.82) is 0 Å². The average molecular weight is 383 g/mol. The van der Waals surface area contributed by atoms with E-state index in [4.69, 9.17) is 9.47 Å². The van der Waals surface area contributed by atoms with Gasteiger partial charge in [-0.1, -0.05) is 12.1 Å². The van der Waals surface area contributed by atoms with Crippen LogP contribution in [0, 0.1) is 0 Å². The van der Waals surface area contributed by atoms with Crippen molar-refractivity contribution in [2.24, 2.45) is 0 Å². The van der Waals surface area contributed by atoms with Gasteiger partial charge in [-0.15, -0.1) is 0 Å². The number of benzene rings is 2. The summed E-state index contributed by atoms with van der Waals surface area (Å²) in [6.07, 6.45) is 3.61. The lowest BCUT2D eigenvalue weighted by Gasteiger charge is -2.36. The summed E-state index contributed by atoms with van der Waals surface area (Å²) >= 11 is 0. The molecule has 0 radical (unpaired) electrons. The van der Waals surface area contributed by atoms with E-state index in [1.165, 1.54) is 11.3 Å². The Balaban J connectivity index is 1.36. The molecule has 1 saturated heterocycles. The minimum absolute atomic E-state index is 0.282. The summed E-state index contributed by atoms with van der Waals surface area (Å²) in [6.45, 7) is 3.35. The summed E-state index contributed by atoms with van der Waals surface area (Å²) < 4.78 is 10.4. The molecule has 0 bridgehead atoms. The van der Waals surface area contributed by atoms with Crippen LogP contribution in [-0.4, -0.2) is 51.2 Å². The molecule has 28 heavy (non-hydrogen) atoms. The van der Waals surface area contributed by atoms with Gasteiger partial charge >= 0.3 is 0 Å². The highest BCUT2D eigenvalue weighted by Gasteiger charge is 2.20. The van der Waals surface area contributed by atoms with Gasteiger partial charge in [0.15, 0.2) is 0 Å². The van der Waals surface area contributed by atoms with Crippen molar-refractivity contribution in [3.05, 3.63) is 54.1 Å². The molecule has 0 unspecified atom stereocenters. The fraction of sp³-hybridized carbons (Fsp3) is 0.435. The van der Waals surface area contributed by atoms with Crippen LogP contribution >= 0.6 is 0 Å². The number of anilines is 1. The van der Waals surface area contributed by atoms with Crippen LogP contribution < -0.4 is 14.4 Å². The van der Waals surface area contributed by atoms with E-state index in [1.54, 1.807) is 14.2 Å². The molecular formula is C23H30N2O3. The predicted octanol–water partition coefficient (Wildman–Crippen LogP) is 3.77. The smallest absolute Gasteiger partial charge is 0.222 e. The van der Waals surface area contributed by atoms with E-state index in [0.717, 1.165) is 56.9 Å². The van der Waals surface area contributed by atoms with Crippen LogP contribution in [0.4, 0.5) is 5.69 Å². The third-order valence-electron chi connectivity index (χ3n) is 5.34. The lowest BCUT2D eigenvalue weighted by molar-refractivity contribution is -0.131. The molecule has 1 aliphatic heterocycles. The summed E-state index contributed by atoms with van der Waals surface area (Å²) in [6, 6.07) is 16.3. The summed E-state index contributed by atoms with van der Waals surface area (Å²) in [4.78, 5) is 16.8. The van der Waals surface area contributed by atoms with Crippen molar-refractivity contribution in [2.45, 2.75) is 25.7 Å². The van der Waals surface area contributed by atoms with Crippen molar-refractivity contribution in [3.63, 3.8) is 0 Å². The zero-order valence-corrected chi connectivity index (χ0v) is 16.9. The first kappa shape index (κ1) is 20.1. The SMILES string of the molecule is COc1ccc(CCCCC(=O)N2CCN(c3ccc(OC)cc3)CC2)cc1. The fourth-order valence-electron chi connectivity index (χ4n) is 3.56. The molecular weight excluding hydrogens is 352 g/mol. The van der Waals surface area contributed by atoms with E-state index >= 15 is 0 Å². The van der Waals surface area contributed by atoms with Gasteiger partial charge in [0.2, 0.25) is 5.91 Å². The van der Waals surface area contributed by atoms with Crippen molar-refractivity contribution >= 4 is 11.6 Å². The highest BCUT2D eigenvalue weighted by molar-refractivity contribution is 5.76. The summed E-state index contributed by atoms with van der Waals surface area (Å²) in [7, 11) is 3.35. The van der Waals surface area contributed by atoms with Crippen molar-refractivity contribution in [2.75, 3.05) is 45.3 Å². The largest absolute Gasteiger partial charge is 0.497 e. The van der Waals surface area contributed by atoms with Crippen LogP contribution in [0.15, 0.2) is 48.5 Å². The van der Waals surface area contributed by atoms with E-state index in [9.17, 15) is 4.79 Å². The number of aryl methyl sites for hydroxylation is 1. The number of rotatable bonds is 8. The van der Waals surface area contributed by atoms with Crippen molar-refractivity contribution in [3.8, 4) is 11.5 Å². The maximum atomic E-state index is 12.5. The Kier molecular flexibility index (Phi) is 7.18. The lowest BCUT2D eigenvalue weighted by Crippen LogP contribution is -2.48. The van der Waals surface area contributed by atoms with E-state index in [-0.39, 0.29) is 5.91 Å². The maximum absolute atomic E-state index is 12.5. The normalized spacial score (nSPS) is 14.1. The molecule has 0 atom stereocenters. The Morgan fingerprint density at radius 2 is 1.39 bits per heavy atom. The number of amides is 1. The number of hydrogen-bond acceptors (Lipinski definition) is 4. The molecule has 0 aliphatic carbocycles. The second kappa shape index (κ2) is 10.0. The molecule has 5 heteroatoms. The molecule has 1 fully saturated rings. The molecule has 0 saturated carbocycles. The summed E-state index contributed by atoms with van der Waals surface area (Å²) in [5.74, 6) is 2.03. The number of piperazine rings is 1. The molecule has 3 rings (SSSR count). The number of unbranched alkanes of at least 4 members (excludes halogenated alkanes) is 1. The fourth-order valence-corrected chi connectivity index (χ4v) is 3.56. The molecule has 5 nitrogen and oxygen atoms in total. The molecule has 2 aromatic rings. The Hall–Kier alpha value is -2.69. The Bertz CT molecular complexity index is 735. The molecule has 1 heterocycles. The van der Waals surface area contributed by atoms with Crippen molar-refractivity contribution in [1.82, 2.24) is 4.90 Å². The number of methoxy groups -OCH3 is 2. The quantitative estimate of drug-likeness (QED) is 0.652. The Labute approximate surface area is 167 Å². The number of carbonyl (C=O) groups is 1. The van der Waals surface area contributed by atoms with E-state index in [1.807, 2.05) is 29.2 Å². The molecule has 0 spiro atoms. The first-order chi connectivity index (χ1) is 13.7. The second-order valence-electron chi connectivity index (χ2n) is 7.12. The molecule has 1 amide bonds. The summed E-state index contributed by atoms with van der Waals surface area (Å²) in [5, 5.41) is 0. The average Bonchev–Trinajstić information content (AvgIpc) is 2.77. The highest BCUT2D eigenvalue weighted by atomic mass is 16.5. The van der Waals surface area contributed by atoms with Crippen LogP contribution in [0.25, 0.3) is 0 Å². The zero-order valence-electron chi connectivity index (χ0n) is 16.9. The maximum Gasteiger partial charge on any atom is 0.222 e. The second-order valence-corrected chi connectivity index (χ2v) is 7.12. The predicted molar refractivity (Wildman–Crippen MR) is 112 cm³/mol. The van der Waals surface area contributed by atoms with Gasteiger partial charge in [-0.05, 0) is 61.2 Å².